The van der Waals surface area contributed by atoms with Crippen LogP contribution >= 0.6 is 15.9 Å². The summed E-state index contributed by atoms with van der Waals surface area (Å²) in [4.78, 5) is 11.7. The zero-order chi connectivity index (χ0) is 11.3. The third-order valence-electron chi connectivity index (χ3n) is 1.96. The Hall–Kier alpha value is -1.28. The minimum absolute atomic E-state index is 0.141. The summed E-state index contributed by atoms with van der Waals surface area (Å²) in [5, 5.41) is 11.0. The van der Waals surface area contributed by atoms with Crippen LogP contribution in [0, 0.1) is 11.3 Å². The molecule has 5 heteroatoms. The van der Waals surface area contributed by atoms with Gasteiger partial charge in [-0.3, -0.25) is 4.79 Å². The summed E-state index contributed by atoms with van der Waals surface area (Å²) < 4.78 is 2.74. The van der Waals surface area contributed by atoms with Gasteiger partial charge in [-0.15, -0.1) is 0 Å². The smallest absolute Gasteiger partial charge is 0.267 e. The molecule has 15 heavy (non-hydrogen) atoms. The number of nitrogens with zero attached hydrogens (tertiary/aromatic N) is 2. The molecule has 1 N–H and O–H groups in total. The molecule has 0 aliphatic rings. The van der Waals surface area contributed by atoms with E-state index >= 15 is 0 Å². The molecule has 0 fully saturated rings. The Balaban J connectivity index is 2.69. The quantitative estimate of drug-likeness (QED) is 0.850. The summed E-state index contributed by atoms with van der Waals surface area (Å²) >= 11 is 3.32. The molecule has 0 aliphatic heterocycles. The van der Waals surface area contributed by atoms with Crippen molar-refractivity contribution in [2.24, 2.45) is 0 Å². The van der Waals surface area contributed by atoms with Crippen molar-refractivity contribution in [1.82, 2.24) is 9.88 Å². The van der Waals surface area contributed by atoms with Crippen LogP contribution < -0.4 is 5.32 Å². The van der Waals surface area contributed by atoms with Crippen molar-refractivity contribution >= 4 is 21.8 Å². The van der Waals surface area contributed by atoms with Crippen LogP contribution in [0.15, 0.2) is 16.7 Å². The molecule has 0 aromatic carbocycles. The summed E-state index contributed by atoms with van der Waals surface area (Å²) in [5.41, 5.74) is 0.613. The molecule has 0 saturated heterocycles. The van der Waals surface area contributed by atoms with Gasteiger partial charge in [0.2, 0.25) is 0 Å². The fraction of sp³-hybridized carbons (Fsp3) is 0.400. The van der Waals surface area contributed by atoms with Crippen LogP contribution in [-0.2, 0) is 6.54 Å². The van der Waals surface area contributed by atoms with E-state index in [2.05, 4.69) is 21.2 Å². The molecule has 0 unspecified atom stereocenters. The Kier molecular flexibility index (Phi) is 4.37. The number of aryl methyl sites for hydroxylation is 1. The van der Waals surface area contributed by atoms with E-state index in [0.29, 0.717) is 18.7 Å². The third kappa shape index (κ3) is 3.10. The fourth-order valence-corrected chi connectivity index (χ4v) is 1.71. The van der Waals surface area contributed by atoms with Crippen molar-refractivity contribution in [2.75, 3.05) is 6.54 Å². The molecule has 0 bridgehead atoms. The van der Waals surface area contributed by atoms with Crippen molar-refractivity contribution in [3.05, 3.63) is 22.4 Å². The van der Waals surface area contributed by atoms with Gasteiger partial charge in [0.25, 0.3) is 5.91 Å². The first-order chi connectivity index (χ1) is 7.19. The summed E-state index contributed by atoms with van der Waals surface area (Å²) in [6, 6.07) is 3.75. The molecule has 1 amide bonds. The highest BCUT2D eigenvalue weighted by Crippen LogP contribution is 2.14. The van der Waals surface area contributed by atoms with Gasteiger partial charge in [0, 0.05) is 23.8 Å². The van der Waals surface area contributed by atoms with E-state index in [1.54, 1.807) is 6.07 Å². The Morgan fingerprint density at radius 3 is 3.07 bits per heavy atom. The molecule has 4 nitrogen and oxygen atoms in total. The van der Waals surface area contributed by atoms with E-state index in [0.717, 1.165) is 11.0 Å². The fourth-order valence-electron chi connectivity index (χ4n) is 1.25. The molecule has 1 heterocycles. The molecule has 0 saturated carbocycles. The van der Waals surface area contributed by atoms with Gasteiger partial charge < -0.3 is 9.88 Å². The molecule has 1 rings (SSSR count). The average molecular weight is 270 g/mol. The first-order valence-corrected chi connectivity index (χ1v) is 5.49. The SMILES string of the molecule is CCn1cc(Br)cc1C(=O)NCCC#N. The van der Waals surface area contributed by atoms with Gasteiger partial charge in [0.05, 0.1) is 12.5 Å². The van der Waals surface area contributed by atoms with Crippen LogP contribution in [0.3, 0.4) is 0 Å². The molecule has 80 valence electrons. The van der Waals surface area contributed by atoms with Gasteiger partial charge in [0.1, 0.15) is 5.69 Å². The number of hydrogen-bond acceptors (Lipinski definition) is 2. The lowest BCUT2D eigenvalue weighted by Crippen LogP contribution is -2.26. The van der Waals surface area contributed by atoms with Crippen LogP contribution in [0.4, 0.5) is 0 Å². The van der Waals surface area contributed by atoms with Gasteiger partial charge >= 0.3 is 0 Å². The maximum atomic E-state index is 11.7. The monoisotopic (exact) mass is 269 g/mol. The molecule has 0 aliphatic carbocycles. The lowest BCUT2D eigenvalue weighted by molar-refractivity contribution is 0.0945. The zero-order valence-corrected chi connectivity index (χ0v) is 10.0. The van der Waals surface area contributed by atoms with E-state index in [-0.39, 0.29) is 5.91 Å². The van der Waals surface area contributed by atoms with Crippen molar-refractivity contribution in [3.8, 4) is 6.07 Å². The maximum Gasteiger partial charge on any atom is 0.267 e. The molecule has 1 aromatic rings. The number of hydrogen-bond donors (Lipinski definition) is 1. The van der Waals surface area contributed by atoms with Crippen LogP contribution in [0.1, 0.15) is 23.8 Å². The van der Waals surface area contributed by atoms with E-state index in [9.17, 15) is 4.79 Å². The van der Waals surface area contributed by atoms with Gasteiger partial charge in [-0.2, -0.15) is 5.26 Å². The van der Waals surface area contributed by atoms with Crippen molar-refractivity contribution in [2.45, 2.75) is 19.9 Å². The summed E-state index contributed by atoms with van der Waals surface area (Å²) in [7, 11) is 0. The standard InChI is InChI=1S/C10H12BrN3O/c1-2-14-7-8(11)6-9(14)10(15)13-5-3-4-12/h6-7H,2-3,5H2,1H3,(H,13,15). The largest absolute Gasteiger partial charge is 0.350 e. The number of halogens is 1. The first kappa shape index (κ1) is 11.8. The molecular weight excluding hydrogens is 258 g/mol. The predicted octanol–water partition coefficient (Wildman–Crippen LogP) is 1.91. The minimum atomic E-state index is -0.141. The lowest BCUT2D eigenvalue weighted by atomic mass is 10.3. The van der Waals surface area contributed by atoms with E-state index in [4.69, 9.17) is 5.26 Å². The second-order valence-electron chi connectivity index (χ2n) is 2.99. The normalized spacial score (nSPS) is 9.67. The van der Waals surface area contributed by atoms with Gasteiger partial charge in [-0.05, 0) is 28.9 Å². The second kappa shape index (κ2) is 5.56. The van der Waals surface area contributed by atoms with E-state index < -0.39 is 0 Å². The Labute approximate surface area is 97.0 Å². The molecule has 1 aromatic heterocycles. The van der Waals surface area contributed by atoms with Crippen molar-refractivity contribution < 1.29 is 4.79 Å². The molecule has 0 spiro atoms. The van der Waals surface area contributed by atoms with Gasteiger partial charge in [0.15, 0.2) is 0 Å². The first-order valence-electron chi connectivity index (χ1n) is 4.69. The molecule has 0 radical (unpaired) electrons. The molecule has 0 atom stereocenters. The predicted molar refractivity (Wildman–Crippen MR) is 60.4 cm³/mol. The molecular formula is C10H12BrN3O. The summed E-state index contributed by atoms with van der Waals surface area (Å²) in [6.07, 6.45) is 2.19. The highest BCUT2D eigenvalue weighted by molar-refractivity contribution is 9.10. The van der Waals surface area contributed by atoms with Gasteiger partial charge in [-0.25, -0.2) is 0 Å². The van der Waals surface area contributed by atoms with Crippen molar-refractivity contribution in [1.29, 1.82) is 5.26 Å². The van der Waals surface area contributed by atoms with Crippen LogP contribution in [0.5, 0.6) is 0 Å². The summed E-state index contributed by atoms with van der Waals surface area (Å²) in [6.45, 7) is 3.10. The lowest BCUT2D eigenvalue weighted by Gasteiger charge is -2.05. The minimum Gasteiger partial charge on any atom is -0.350 e. The number of nitriles is 1. The van der Waals surface area contributed by atoms with Crippen LogP contribution in [-0.4, -0.2) is 17.0 Å². The Morgan fingerprint density at radius 1 is 1.73 bits per heavy atom. The number of amides is 1. The zero-order valence-electron chi connectivity index (χ0n) is 8.46. The van der Waals surface area contributed by atoms with Gasteiger partial charge in [-0.1, -0.05) is 0 Å². The topological polar surface area (TPSA) is 57.8 Å². The Morgan fingerprint density at radius 2 is 2.47 bits per heavy atom. The number of aromatic nitrogens is 1. The maximum absolute atomic E-state index is 11.7. The second-order valence-corrected chi connectivity index (χ2v) is 3.91. The number of rotatable bonds is 4. The van der Waals surface area contributed by atoms with E-state index in [1.807, 2.05) is 23.8 Å². The van der Waals surface area contributed by atoms with Crippen LogP contribution in [0.2, 0.25) is 0 Å². The highest BCUT2D eigenvalue weighted by Gasteiger charge is 2.10. The Bertz CT molecular complexity index is 392. The van der Waals surface area contributed by atoms with Crippen molar-refractivity contribution in [3.63, 3.8) is 0 Å². The number of carbonyl (C=O) groups is 1. The van der Waals surface area contributed by atoms with Crippen LogP contribution in [0.25, 0.3) is 0 Å². The average Bonchev–Trinajstić information content (AvgIpc) is 2.60. The number of carbonyl (C=O) groups excluding carboxylic acids is 1. The third-order valence-corrected chi connectivity index (χ3v) is 2.39. The van der Waals surface area contributed by atoms with E-state index in [1.165, 1.54) is 0 Å². The highest BCUT2D eigenvalue weighted by atomic mass is 79.9. The summed E-state index contributed by atoms with van der Waals surface area (Å²) in [5.74, 6) is -0.141. The number of nitrogens with one attached hydrogen (secondary N) is 1.